The van der Waals surface area contributed by atoms with Gasteiger partial charge < -0.3 is 15.4 Å². The Morgan fingerprint density at radius 3 is 2.78 bits per heavy atom. The van der Waals surface area contributed by atoms with Gasteiger partial charge in [0.25, 0.3) is 0 Å². The van der Waals surface area contributed by atoms with Gasteiger partial charge in [-0.25, -0.2) is 0 Å². The number of hydrogen-bond acceptors (Lipinski definition) is 3. The molecule has 0 aromatic rings. The first-order chi connectivity index (χ1) is 8.54. The molecule has 1 fully saturated rings. The van der Waals surface area contributed by atoms with Crippen molar-refractivity contribution in [1.29, 1.82) is 0 Å². The third-order valence-electron chi connectivity index (χ3n) is 3.83. The van der Waals surface area contributed by atoms with Crippen LogP contribution < -0.4 is 10.6 Å². The fraction of sp³-hybridized carbons (Fsp3) is 0.929. The predicted octanol–water partition coefficient (Wildman–Crippen LogP) is 1.55. The molecule has 0 aromatic carbocycles. The zero-order valence-electron chi connectivity index (χ0n) is 12.2. The minimum absolute atomic E-state index is 0.112. The first kappa shape index (κ1) is 15.4. The van der Waals surface area contributed by atoms with Crippen LogP contribution in [0.2, 0.25) is 0 Å². The average molecular weight is 256 g/mol. The van der Waals surface area contributed by atoms with Crippen LogP contribution in [0.15, 0.2) is 0 Å². The van der Waals surface area contributed by atoms with Gasteiger partial charge in [-0.2, -0.15) is 0 Å². The first-order valence-corrected chi connectivity index (χ1v) is 7.06. The zero-order chi connectivity index (χ0) is 13.5. The molecule has 3 unspecified atom stereocenters. The minimum atomic E-state index is 0.112. The Balaban J connectivity index is 2.39. The van der Waals surface area contributed by atoms with E-state index < -0.39 is 0 Å². The number of ether oxygens (including phenoxy) is 1. The zero-order valence-corrected chi connectivity index (χ0v) is 12.2. The van der Waals surface area contributed by atoms with E-state index in [1.165, 1.54) is 12.8 Å². The number of rotatable bonds is 6. The van der Waals surface area contributed by atoms with Gasteiger partial charge in [0.15, 0.2) is 0 Å². The van der Waals surface area contributed by atoms with E-state index in [1.807, 2.05) is 0 Å². The maximum absolute atomic E-state index is 12.0. The maximum atomic E-state index is 12.0. The Morgan fingerprint density at radius 2 is 2.22 bits per heavy atom. The number of hydrogen-bond donors (Lipinski definition) is 2. The number of amides is 1. The van der Waals surface area contributed by atoms with Crippen LogP contribution in [-0.4, -0.2) is 38.3 Å². The second kappa shape index (κ2) is 7.74. The third-order valence-corrected chi connectivity index (χ3v) is 3.83. The molecule has 1 aliphatic rings. The summed E-state index contributed by atoms with van der Waals surface area (Å²) in [5.41, 5.74) is 0. The molecule has 0 aliphatic carbocycles. The lowest BCUT2D eigenvalue weighted by molar-refractivity contribution is -0.123. The van der Waals surface area contributed by atoms with Crippen LogP contribution in [0.3, 0.4) is 0 Å². The molecule has 18 heavy (non-hydrogen) atoms. The molecule has 0 aromatic heterocycles. The van der Waals surface area contributed by atoms with Crippen molar-refractivity contribution >= 4 is 5.91 Å². The Morgan fingerprint density at radius 1 is 1.50 bits per heavy atom. The van der Waals surface area contributed by atoms with Gasteiger partial charge in [-0.1, -0.05) is 20.8 Å². The molecule has 1 saturated heterocycles. The summed E-state index contributed by atoms with van der Waals surface area (Å²) >= 11 is 0. The lowest BCUT2D eigenvalue weighted by Gasteiger charge is -2.30. The Bertz CT molecular complexity index is 248. The molecule has 1 amide bonds. The molecule has 106 valence electrons. The molecule has 0 saturated carbocycles. The van der Waals surface area contributed by atoms with Gasteiger partial charge in [0.2, 0.25) is 5.91 Å². The van der Waals surface area contributed by atoms with Crippen molar-refractivity contribution in [1.82, 2.24) is 10.6 Å². The number of methoxy groups -OCH3 is 1. The fourth-order valence-electron chi connectivity index (χ4n) is 2.43. The number of nitrogens with one attached hydrogen (secondary N) is 2. The van der Waals surface area contributed by atoms with E-state index in [0.717, 1.165) is 6.54 Å². The van der Waals surface area contributed by atoms with Crippen LogP contribution in [0.25, 0.3) is 0 Å². The highest BCUT2D eigenvalue weighted by Crippen LogP contribution is 2.18. The van der Waals surface area contributed by atoms with Crippen LogP contribution in [-0.2, 0) is 9.53 Å². The van der Waals surface area contributed by atoms with Gasteiger partial charge in [0.1, 0.15) is 0 Å². The molecule has 1 rings (SSSR count). The van der Waals surface area contributed by atoms with Crippen molar-refractivity contribution in [2.75, 3.05) is 20.3 Å². The second-order valence-electron chi connectivity index (χ2n) is 5.76. The largest absolute Gasteiger partial charge is 0.383 e. The van der Waals surface area contributed by atoms with Crippen molar-refractivity contribution in [3.8, 4) is 0 Å². The van der Waals surface area contributed by atoms with E-state index in [1.54, 1.807) is 7.11 Å². The molecular weight excluding hydrogens is 228 g/mol. The lowest BCUT2D eigenvalue weighted by atomic mass is 9.90. The van der Waals surface area contributed by atoms with Crippen molar-refractivity contribution < 1.29 is 9.53 Å². The normalized spacial score (nSPS) is 26.1. The molecule has 3 atom stereocenters. The quantitative estimate of drug-likeness (QED) is 0.758. The molecule has 0 spiro atoms. The standard InChI is InChI=1S/C14H28N2O2/c1-10(2)13(9-18-4)16-14(17)8-12-11(3)6-5-7-15-12/h10-13,15H,5-9H2,1-4H3,(H,16,17). The number of piperidine rings is 1. The summed E-state index contributed by atoms with van der Waals surface area (Å²) in [7, 11) is 1.67. The van der Waals surface area contributed by atoms with Gasteiger partial charge in [0.05, 0.1) is 12.6 Å². The smallest absolute Gasteiger partial charge is 0.221 e. The van der Waals surface area contributed by atoms with Crippen LogP contribution in [0, 0.1) is 11.8 Å². The van der Waals surface area contributed by atoms with Crippen LogP contribution in [0.4, 0.5) is 0 Å². The topological polar surface area (TPSA) is 50.4 Å². The molecule has 1 heterocycles. The summed E-state index contributed by atoms with van der Waals surface area (Å²) < 4.78 is 5.15. The summed E-state index contributed by atoms with van der Waals surface area (Å²) in [6, 6.07) is 0.440. The average Bonchev–Trinajstić information content (AvgIpc) is 2.31. The highest BCUT2D eigenvalue weighted by atomic mass is 16.5. The maximum Gasteiger partial charge on any atom is 0.221 e. The number of carbonyl (C=O) groups is 1. The fourth-order valence-corrected chi connectivity index (χ4v) is 2.43. The molecule has 2 N–H and O–H groups in total. The Labute approximate surface area is 111 Å². The van der Waals surface area contributed by atoms with E-state index in [-0.39, 0.29) is 11.9 Å². The van der Waals surface area contributed by atoms with E-state index in [2.05, 4.69) is 31.4 Å². The second-order valence-corrected chi connectivity index (χ2v) is 5.76. The first-order valence-electron chi connectivity index (χ1n) is 7.06. The van der Waals surface area contributed by atoms with Crippen LogP contribution >= 0.6 is 0 Å². The summed E-state index contributed by atoms with van der Waals surface area (Å²) in [5, 5.41) is 6.52. The van der Waals surface area contributed by atoms with Gasteiger partial charge >= 0.3 is 0 Å². The van der Waals surface area contributed by atoms with E-state index >= 15 is 0 Å². The Kier molecular flexibility index (Phi) is 6.65. The Hall–Kier alpha value is -0.610. The van der Waals surface area contributed by atoms with Gasteiger partial charge in [0, 0.05) is 19.6 Å². The molecule has 4 heteroatoms. The van der Waals surface area contributed by atoms with Crippen LogP contribution in [0.5, 0.6) is 0 Å². The summed E-state index contributed by atoms with van der Waals surface area (Å²) in [4.78, 5) is 12.0. The van der Waals surface area contributed by atoms with Crippen molar-refractivity contribution in [3.05, 3.63) is 0 Å². The van der Waals surface area contributed by atoms with Gasteiger partial charge in [-0.05, 0) is 31.2 Å². The monoisotopic (exact) mass is 256 g/mol. The van der Waals surface area contributed by atoms with Crippen molar-refractivity contribution in [3.63, 3.8) is 0 Å². The molecule has 0 bridgehead atoms. The van der Waals surface area contributed by atoms with Crippen molar-refractivity contribution in [2.24, 2.45) is 11.8 Å². The van der Waals surface area contributed by atoms with E-state index in [0.29, 0.717) is 30.9 Å². The minimum Gasteiger partial charge on any atom is -0.383 e. The van der Waals surface area contributed by atoms with E-state index in [4.69, 9.17) is 4.74 Å². The third kappa shape index (κ3) is 4.94. The van der Waals surface area contributed by atoms with Gasteiger partial charge in [-0.3, -0.25) is 4.79 Å². The van der Waals surface area contributed by atoms with Crippen LogP contribution in [0.1, 0.15) is 40.0 Å². The summed E-state index contributed by atoms with van der Waals surface area (Å²) in [5.74, 6) is 1.12. The lowest BCUT2D eigenvalue weighted by Crippen LogP contribution is -2.47. The summed E-state index contributed by atoms with van der Waals surface area (Å²) in [6.45, 7) is 8.04. The van der Waals surface area contributed by atoms with Gasteiger partial charge in [-0.15, -0.1) is 0 Å². The summed E-state index contributed by atoms with van der Waals surface area (Å²) in [6.07, 6.45) is 3.02. The highest BCUT2D eigenvalue weighted by molar-refractivity contribution is 5.77. The van der Waals surface area contributed by atoms with Crippen molar-refractivity contribution in [2.45, 2.75) is 52.1 Å². The molecule has 0 radical (unpaired) electrons. The molecule has 4 nitrogen and oxygen atoms in total. The predicted molar refractivity (Wildman–Crippen MR) is 73.5 cm³/mol. The highest BCUT2D eigenvalue weighted by Gasteiger charge is 2.24. The SMILES string of the molecule is COCC(NC(=O)CC1NCCCC1C)C(C)C. The number of carbonyl (C=O) groups excluding carboxylic acids is 1. The molecular formula is C14H28N2O2. The van der Waals surface area contributed by atoms with E-state index in [9.17, 15) is 4.79 Å². The molecule has 1 aliphatic heterocycles.